The number of aromatic nitrogens is 3. The molecular formula is C39H55N7O9. The largest absolute Gasteiger partial charge is 0.497 e. The van der Waals surface area contributed by atoms with Gasteiger partial charge in [-0.25, -0.2) is 19.3 Å². The van der Waals surface area contributed by atoms with Crippen LogP contribution >= 0.6 is 0 Å². The highest BCUT2D eigenvalue weighted by Crippen LogP contribution is 2.18. The zero-order valence-electron chi connectivity index (χ0n) is 32.6. The lowest BCUT2D eigenvalue weighted by Crippen LogP contribution is -2.57. The van der Waals surface area contributed by atoms with Gasteiger partial charge >= 0.3 is 18.3 Å². The van der Waals surface area contributed by atoms with E-state index in [1.807, 2.05) is 37.3 Å². The first-order valence-electron chi connectivity index (χ1n) is 18.5. The SMILES string of the molecule is CCCCCN(C(=O)O)C(=O)[C@H](Cc1ccc(OC)cc1)NC(=O)[C@@H](NC(=O)OC(C)(C)C)[C@@H](C)CCc1cn(CCNC(=O)OCc2ccccc2)nn1. The highest BCUT2D eigenvalue weighted by atomic mass is 16.6. The lowest BCUT2D eigenvalue weighted by molar-refractivity contribution is -0.135. The molecule has 0 fully saturated rings. The Bertz CT molecular complexity index is 1680. The Balaban J connectivity index is 1.71. The molecule has 300 valence electrons. The van der Waals surface area contributed by atoms with Gasteiger partial charge in [0.2, 0.25) is 5.91 Å². The van der Waals surface area contributed by atoms with Crippen molar-refractivity contribution in [1.82, 2.24) is 35.8 Å². The van der Waals surface area contributed by atoms with Crippen molar-refractivity contribution in [3.63, 3.8) is 0 Å². The number of methoxy groups -OCH3 is 1. The molecule has 0 aliphatic rings. The molecule has 2 aromatic carbocycles. The van der Waals surface area contributed by atoms with Crippen LogP contribution in [0.5, 0.6) is 5.75 Å². The molecule has 3 atom stereocenters. The number of unbranched alkanes of at least 4 members (excludes halogenated alkanes) is 2. The third-order valence-corrected chi connectivity index (χ3v) is 8.48. The van der Waals surface area contributed by atoms with Crippen LogP contribution in [0.1, 0.15) is 77.1 Å². The molecule has 0 aliphatic heterocycles. The number of rotatable bonds is 20. The average molecular weight is 766 g/mol. The van der Waals surface area contributed by atoms with E-state index < -0.39 is 53.7 Å². The topological polar surface area (TPSA) is 203 Å². The van der Waals surface area contributed by atoms with Crippen LogP contribution in [0.2, 0.25) is 0 Å². The second kappa shape index (κ2) is 21.9. The Morgan fingerprint density at radius 2 is 1.65 bits per heavy atom. The van der Waals surface area contributed by atoms with Gasteiger partial charge in [0.05, 0.1) is 19.3 Å². The van der Waals surface area contributed by atoms with Crippen LogP contribution < -0.4 is 20.7 Å². The molecule has 3 aromatic rings. The predicted molar refractivity (Wildman–Crippen MR) is 203 cm³/mol. The summed E-state index contributed by atoms with van der Waals surface area (Å²) in [4.78, 5) is 65.9. The number of carboxylic acid groups (broad SMARTS) is 1. The van der Waals surface area contributed by atoms with Gasteiger partial charge in [-0.3, -0.25) is 14.3 Å². The van der Waals surface area contributed by atoms with Crippen molar-refractivity contribution < 1.29 is 43.3 Å². The summed E-state index contributed by atoms with van der Waals surface area (Å²) in [5.41, 5.74) is 1.30. The van der Waals surface area contributed by atoms with Crippen LogP contribution in [-0.4, -0.2) is 93.0 Å². The third kappa shape index (κ3) is 15.7. The van der Waals surface area contributed by atoms with Gasteiger partial charge in [0.1, 0.15) is 30.0 Å². The van der Waals surface area contributed by atoms with Crippen molar-refractivity contribution >= 4 is 30.1 Å². The van der Waals surface area contributed by atoms with Crippen LogP contribution in [-0.2, 0) is 45.1 Å². The zero-order valence-corrected chi connectivity index (χ0v) is 32.6. The van der Waals surface area contributed by atoms with E-state index in [0.717, 1.165) is 23.3 Å². The molecule has 0 saturated carbocycles. The van der Waals surface area contributed by atoms with E-state index >= 15 is 0 Å². The Morgan fingerprint density at radius 3 is 2.29 bits per heavy atom. The van der Waals surface area contributed by atoms with Crippen molar-refractivity contribution in [3.05, 3.63) is 77.6 Å². The van der Waals surface area contributed by atoms with Crippen molar-refractivity contribution in [2.75, 3.05) is 20.2 Å². The Labute approximate surface area is 322 Å². The second-order valence-electron chi connectivity index (χ2n) is 14.2. The normalized spacial score (nSPS) is 12.8. The van der Waals surface area contributed by atoms with Crippen LogP contribution in [0.3, 0.4) is 0 Å². The van der Waals surface area contributed by atoms with Gasteiger partial charge in [-0.15, -0.1) is 5.10 Å². The summed E-state index contributed by atoms with van der Waals surface area (Å²) < 4.78 is 17.5. The number of benzene rings is 2. The molecule has 4 N–H and O–H groups in total. The number of imide groups is 1. The first-order chi connectivity index (χ1) is 26.2. The quantitative estimate of drug-likeness (QED) is 0.112. The first kappa shape index (κ1) is 43.7. The summed E-state index contributed by atoms with van der Waals surface area (Å²) in [6.07, 6.45) is 1.68. The van der Waals surface area contributed by atoms with Crippen LogP contribution in [0, 0.1) is 5.92 Å². The maximum absolute atomic E-state index is 14.1. The van der Waals surface area contributed by atoms with Gasteiger partial charge in [0, 0.05) is 25.7 Å². The maximum Gasteiger partial charge on any atom is 0.414 e. The highest BCUT2D eigenvalue weighted by Gasteiger charge is 2.35. The summed E-state index contributed by atoms with van der Waals surface area (Å²) in [7, 11) is 1.52. The summed E-state index contributed by atoms with van der Waals surface area (Å²) in [6, 6.07) is 13.8. The molecule has 0 unspecified atom stereocenters. The monoisotopic (exact) mass is 765 g/mol. The van der Waals surface area contributed by atoms with Crippen LogP contribution in [0.25, 0.3) is 0 Å². The number of ether oxygens (including phenoxy) is 3. The van der Waals surface area contributed by atoms with E-state index in [0.29, 0.717) is 42.8 Å². The van der Waals surface area contributed by atoms with Crippen molar-refractivity contribution in [2.45, 2.75) is 104 Å². The van der Waals surface area contributed by atoms with E-state index in [4.69, 9.17) is 14.2 Å². The van der Waals surface area contributed by atoms with E-state index in [1.54, 1.807) is 62.8 Å². The molecule has 0 bridgehead atoms. The second-order valence-corrected chi connectivity index (χ2v) is 14.2. The van der Waals surface area contributed by atoms with Gasteiger partial charge in [0.25, 0.3) is 5.91 Å². The van der Waals surface area contributed by atoms with Gasteiger partial charge in [-0.1, -0.05) is 74.4 Å². The number of nitrogens with zero attached hydrogens (tertiary/aromatic N) is 4. The minimum absolute atomic E-state index is 0.0115. The number of carbonyl (C=O) groups is 5. The smallest absolute Gasteiger partial charge is 0.414 e. The molecule has 5 amide bonds. The molecular weight excluding hydrogens is 710 g/mol. The van der Waals surface area contributed by atoms with Gasteiger partial charge in [0.15, 0.2) is 0 Å². The molecule has 3 rings (SSSR count). The highest BCUT2D eigenvalue weighted by molar-refractivity contribution is 5.97. The molecule has 1 heterocycles. The van der Waals surface area contributed by atoms with Crippen molar-refractivity contribution in [2.24, 2.45) is 5.92 Å². The number of nitrogens with one attached hydrogen (secondary N) is 3. The molecule has 0 radical (unpaired) electrons. The molecule has 1 aromatic heterocycles. The minimum Gasteiger partial charge on any atom is -0.497 e. The van der Waals surface area contributed by atoms with Gasteiger partial charge in [-0.05, 0) is 69.2 Å². The molecule has 0 spiro atoms. The minimum atomic E-state index is -1.42. The standard InChI is InChI=1S/C39H55N7O9/c1-7-8-12-22-46(38(51)52)35(48)32(24-28-16-19-31(53-6)20-17-28)41-34(47)33(42-37(50)55-39(3,4)5)27(2)15-18-30-25-45(44-43-30)23-21-40-36(49)54-26-29-13-10-9-11-14-29/h9-11,13-14,16-17,19-20,25,27,32-33H,7-8,12,15,18,21-24,26H2,1-6H3,(H,40,49)(H,41,47)(H,42,50)(H,51,52)/t27-,32-,33-/m0/s1. The van der Waals surface area contributed by atoms with Crippen molar-refractivity contribution in [1.29, 1.82) is 0 Å². The van der Waals surface area contributed by atoms with Crippen LogP contribution in [0.4, 0.5) is 14.4 Å². The average Bonchev–Trinajstić information content (AvgIpc) is 3.60. The fourth-order valence-corrected chi connectivity index (χ4v) is 5.52. The zero-order chi connectivity index (χ0) is 40.4. The van der Waals surface area contributed by atoms with E-state index in [-0.39, 0.29) is 26.1 Å². The number of alkyl carbamates (subject to hydrolysis) is 2. The molecule has 0 aliphatic carbocycles. The first-order valence-corrected chi connectivity index (χ1v) is 18.5. The summed E-state index contributed by atoms with van der Waals surface area (Å²) in [6.45, 7) is 9.54. The molecule has 16 heteroatoms. The van der Waals surface area contributed by atoms with E-state index in [1.165, 1.54) is 7.11 Å². The Kier molecular flexibility index (Phi) is 17.4. The molecule has 55 heavy (non-hydrogen) atoms. The van der Waals surface area contributed by atoms with Crippen LogP contribution in [0.15, 0.2) is 60.8 Å². The fraction of sp³-hybridized carbons (Fsp3) is 0.513. The number of carbonyl (C=O) groups excluding carboxylic acids is 4. The van der Waals surface area contributed by atoms with Crippen molar-refractivity contribution in [3.8, 4) is 5.75 Å². The lowest BCUT2D eigenvalue weighted by atomic mass is 9.94. The number of hydrogen-bond donors (Lipinski definition) is 4. The lowest BCUT2D eigenvalue weighted by Gasteiger charge is -2.29. The molecule has 16 nitrogen and oxygen atoms in total. The molecule has 0 saturated heterocycles. The maximum atomic E-state index is 14.1. The fourth-order valence-electron chi connectivity index (χ4n) is 5.52. The third-order valence-electron chi connectivity index (χ3n) is 8.48. The van der Waals surface area contributed by atoms with E-state index in [2.05, 4.69) is 26.3 Å². The summed E-state index contributed by atoms with van der Waals surface area (Å²) in [5, 5.41) is 26.4. The summed E-state index contributed by atoms with van der Waals surface area (Å²) >= 11 is 0. The summed E-state index contributed by atoms with van der Waals surface area (Å²) in [5.74, 6) is -1.38. The Morgan fingerprint density at radius 1 is 0.945 bits per heavy atom. The number of aryl methyl sites for hydroxylation is 1. The van der Waals surface area contributed by atoms with E-state index in [9.17, 15) is 29.1 Å². The Hall–Kier alpha value is -5.67. The van der Waals surface area contributed by atoms with Gasteiger partial charge in [-0.2, -0.15) is 0 Å². The van der Waals surface area contributed by atoms with Gasteiger partial charge < -0.3 is 35.3 Å². The predicted octanol–water partition coefficient (Wildman–Crippen LogP) is 5.10. The number of hydrogen-bond acceptors (Lipinski definition) is 10. The number of amides is 5.